The molecule has 4 nitrogen and oxygen atoms in total. The largest absolute Gasteiger partial charge is 0.280 e. The number of halogens is 2. The van der Waals surface area contributed by atoms with Gasteiger partial charge in [0.2, 0.25) is 0 Å². The van der Waals surface area contributed by atoms with Gasteiger partial charge >= 0.3 is 0 Å². The van der Waals surface area contributed by atoms with E-state index in [-0.39, 0.29) is 11.3 Å². The molecule has 0 radical (unpaired) electrons. The second kappa shape index (κ2) is 5.50. The molecule has 0 aromatic heterocycles. The zero-order chi connectivity index (χ0) is 15.6. The molecule has 0 heterocycles. The minimum absolute atomic E-state index is 0.127. The van der Waals surface area contributed by atoms with Crippen LogP contribution in [0.4, 0.5) is 14.5 Å². The van der Waals surface area contributed by atoms with Crippen LogP contribution in [-0.2, 0) is 10.0 Å². The normalized spacial score (nSPS) is 11.0. The molecular formula is C14H10F2N2O2S. The van der Waals surface area contributed by atoms with Crippen molar-refractivity contribution in [3.63, 3.8) is 0 Å². The highest BCUT2D eigenvalue weighted by Crippen LogP contribution is 2.22. The number of hydrogen-bond acceptors (Lipinski definition) is 3. The van der Waals surface area contributed by atoms with E-state index in [9.17, 15) is 17.2 Å². The summed E-state index contributed by atoms with van der Waals surface area (Å²) in [7, 11) is -4.14. The monoisotopic (exact) mass is 308 g/mol. The maximum absolute atomic E-state index is 13.5. The summed E-state index contributed by atoms with van der Waals surface area (Å²) in [6, 6.07) is 8.50. The molecule has 0 atom stereocenters. The van der Waals surface area contributed by atoms with Crippen molar-refractivity contribution >= 4 is 15.7 Å². The van der Waals surface area contributed by atoms with Gasteiger partial charge in [-0.1, -0.05) is 6.07 Å². The van der Waals surface area contributed by atoms with Crippen LogP contribution in [0.2, 0.25) is 0 Å². The Bertz CT molecular complexity index is 843. The summed E-state index contributed by atoms with van der Waals surface area (Å²) in [4.78, 5) is -0.466. The van der Waals surface area contributed by atoms with E-state index in [1.165, 1.54) is 31.2 Å². The standard InChI is InChI=1S/C14H10F2N2O2S/c1-9-7-10(5-6-12(9)15)18-21(19,20)14-4-2-3-13(16)11(14)8-17/h2-7,18H,1H3. The van der Waals surface area contributed by atoms with Gasteiger partial charge < -0.3 is 0 Å². The first-order valence-electron chi connectivity index (χ1n) is 5.83. The predicted molar refractivity (Wildman–Crippen MR) is 73.1 cm³/mol. The van der Waals surface area contributed by atoms with Crippen molar-refractivity contribution in [2.45, 2.75) is 11.8 Å². The number of nitrogens with one attached hydrogen (secondary N) is 1. The Labute approximate surface area is 120 Å². The van der Waals surface area contributed by atoms with E-state index >= 15 is 0 Å². The van der Waals surface area contributed by atoms with Crippen LogP contribution in [0.25, 0.3) is 0 Å². The molecule has 0 saturated heterocycles. The number of benzene rings is 2. The highest BCUT2D eigenvalue weighted by molar-refractivity contribution is 7.92. The molecule has 21 heavy (non-hydrogen) atoms. The molecule has 0 bridgehead atoms. The van der Waals surface area contributed by atoms with Gasteiger partial charge in [0.15, 0.2) is 0 Å². The number of nitrogens with zero attached hydrogens (tertiary/aromatic N) is 1. The Morgan fingerprint density at radius 3 is 2.48 bits per heavy atom. The average molecular weight is 308 g/mol. The van der Waals surface area contributed by atoms with Gasteiger partial charge in [0.1, 0.15) is 28.2 Å². The van der Waals surface area contributed by atoms with Gasteiger partial charge in [-0.25, -0.2) is 17.2 Å². The van der Waals surface area contributed by atoms with Gasteiger partial charge in [-0.15, -0.1) is 0 Å². The van der Waals surface area contributed by atoms with Crippen LogP contribution in [0.1, 0.15) is 11.1 Å². The number of sulfonamides is 1. The zero-order valence-corrected chi connectivity index (χ0v) is 11.7. The molecule has 0 aliphatic carbocycles. The lowest BCUT2D eigenvalue weighted by Gasteiger charge is -2.10. The van der Waals surface area contributed by atoms with Crippen LogP contribution in [0.5, 0.6) is 0 Å². The molecule has 2 aromatic carbocycles. The molecule has 2 rings (SSSR count). The first kappa shape index (κ1) is 14.9. The van der Waals surface area contributed by atoms with Crippen molar-refractivity contribution in [1.29, 1.82) is 5.26 Å². The predicted octanol–water partition coefficient (Wildman–Crippen LogP) is 2.95. The molecule has 0 fully saturated rings. The topological polar surface area (TPSA) is 70.0 Å². The summed E-state index contributed by atoms with van der Waals surface area (Å²) < 4.78 is 53.2. The Kier molecular flexibility index (Phi) is 3.91. The van der Waals surface area contributed by atoms with Gasteiger partial charge in [-0.3, -0.25) is 4.72 Å². The van der Waals surface area contributed by atoms with Gasteiger partial charge in [0.25, 0.3) is 10.0 Å². The minimum atomic E-state index is -4.14. The van der Waals surface area contributed by atoms with Gasteiger partial charge in [0.05, 0.1) is 0 Å². The van der Waals surface area contributed by atoms with E-state index in [1.54, 1.807) is 0 Å². The lowest BCUT2D eigenvalue weighted by atomic mass is 10.2. The Morgan fingerprint density at radius 2 is 1.86 bits per heavy atom. The van der Waals surface area contributed by atoms with Crippen molar-refractivity contribution in [2.24, 2.45) is 0 Å². The first-order valence-corrected chi connectivity index (χ1v) is 7.31. The molecular weight excluding hydrogens is 298 g/mol. The molecule has 0 unspecified atom stereocenters. The highest BCUT2D eigenvalue weighted by Gasteiger charge is 2.21. The number of aryl methyl sites for hydroxylation is 1. The van der Waals surface area contributed by atoms with E-state index in [2.05, 4.69) is 4.72 Å². The zero-order valence-electron chi connectivity index (χ0n) is 10.9. The third-order valence-corrected chi connectivity index (χ3v) is 4.21. The minimum Gasteiger partial charge on any atom is -0.280 e. The summed E-state index contributed by atoms with van der Waals surface area (Å²) in [6.45, 7) is 1.48. The first-order chi connectivity index (χ1) is 9.85. The second-order valence-corrected chi connectivity index (χ2v) is 5.95. The molecule has 2 aromatic rings. The van der Waals surface area contributed by atoms with Crippen molar-refractivity contribution in [2.75, 3.05) is 4.72 Å². The summed E-state index contributed by atoms with van der Waals surface area (Å²) in [6.07, 6.45) is 0. The van der Waals surface area contributed by atoms with Crippen LogP contribution in [0.15, 0.2) is 41.3 Å². The number of hydrogen-bond donors (Lipinski definition) is 1. The van der Waals surface area contributed by atoms with Crippen molar-refractivity contribution in [3.8, 4) is 6.07 Å². The number of nitriles is 1. The van der Waals surface area contributed by atoms with Gasteiger partial charge in [-0.05, 0) is 42.8 Å². The van der Waals surface area contributed by atoms with Crippen molar-refractivity contribution < 1.29 is 17.2 Å². The van der Waals surface area contributed by atoms with E-state index in [0.29, 0.717) is 0 Å². The van der Waals surface area contributed by atoms with Crippen LogP contribution >= 0.6 is 0 Å². The fourth-order valence-electron chi connectivity index (χ4n) is 1.76. The Hall–Kier alpha value is -2.46. The van der Waals surface area contributed by atoms with Crippen LogP contribution in [-0.4, -0.2) is 8.42 Å². The van der Waals surface area contributed by atoms with E-state index in [4.69, 9.17) is 5.26 Å². The average Bonchev–Trinajstić information content (AvgIpc) is 2.42. The van der Waals surface area contributed by atoms with Crippen LogP contribution in [0, 0.1) is 29.9 Å². The smallest absolute Gasteiger partial charge is 0.263 e. The maximum Gasteiger partial charge on any atom is 0.263 e. The second-order valence-electron chi connectivity index (χ2n) is 4.29. The third kappa shape index (κ3) is 3.01. The lowest BCUT2D eigenvalue weighted by molar-refractivity contribution is 0.593. The van der Waals surface area contributed by atoms with Gasteiger partial charge in [-0.2, -0.15) is 5.26 Å². The molecule has 0 spiro atoms. The maximum atomic E-state index is 13.5. The van der Waals surface area contributed by atoms with Crippen molar-refractivity contribution in [1.82, 2.24) is 0 Å². The summed E-state index contributed by atoms with van der Waals surface area (Å²) in [5.74, 6) is -1.39. The van der Waals surface area contributed by atoms with Crippen LogP contribution in [0.3, 0.4) is 0 Å². The van der Waals surface area contributed by atoms with Crippen molar-refractivity contribution in [3.05, 3.63) is 59.2 Å². The number of rotatable bonds is 3. The van der Waals surface area contributed by atoms with E-state index in [0.717, 1.165) is 18.2 Å². The quantitative estimate of drug-likeness (QED) is 0.947. The molecule has 0 aliphatic heterocycles. The number of anilines is 1. The van der Waals surface area contributed by atoms with Gasteiger partial charge in [0, 0.05) is 5.69 Å². The fourth-order valence-corrected chi connectivity index (χ4v) is 2.97. The summed E-state index contributed by atoms with van der Waals surface area (Å²) in [5.41, 5.74) is -0.180. The lowest BCUT2D eigenvalue weighted by Crippen LogP contribution is -2.15. The Morgan fingerprint density at radius 1 is 1.14 bits per heavy atom. The van der Waals surface area contributed by atoms with E-state index in [1.807, 2.05) is 0 Å². The molecule has 108 valence electrons. The summed E-state index contributed by atoms with van der Waals surface area (Å²) >= 11 is 0. The molecule has 7 heteroatoms. The molecule has 0 amide bonds. The third-order valence-electron chi connectivity index (χ3n) is 2.79. The molecule has 0 aliphatic rings. The van der Waals surface area contributed by atoms with E-state index < -0.39 is 32.1 Å². The molecule has 1 N–H and O–H groups in total. The highest BCUT2D eigenvalue weighted by atomic mass is 32.2. The fraction of sp³-hybridized carbons (Fsp3) is 0.0714. The Balaban J connectivity index is 2.46. The van der Waals surface area contributed by atoms with Crippen LogP contribution < -0.4 is 4.72 Å². The summed E-state index contributed by atoms with van der Waals surface area (Å²) in [5, 5.41) is 8.88. The SMILES string of the molecule is Cc1cc(NS(=O)(=O)c2cccc(F)c2C#N)ccc1F. The molecule has 0 saturated carbocycles.